The molecule has 2 fully saturated rings. The van der Waals surface area contributed by atoms with Crippen LogP contribution >= 0.6 is 0 Å². The second-order valence-electron chi connectivity index (χ2n) is 8.36. The summed E-state index contributed by atoms with van der Waals surface area (Å²) in [7, 11) is -3.63. The van der Waals surface area contributed by atoms with Crippen LogP contribution in [0.3, 0.4) is 0 Å². The number of para-hydroxylation sites is 1. The van der Waals surface area contributed by atoms with Gasteiger partial charge in [-0.3, -0.25) is 0 Å². The van der Waals surface area contributed by atoms with Crippen molar-refractivity contribution in [1.29, 1.82) is 0 Å². The molecule has 0 bridgehead atoms. The molecule has 3 aliphatic rings. The van der Waals surface area contributed by atoms with Gasteiger partial charge in [-0.2, -0.15) is 4.31 Å². The van der Waals surface area contributed by atoms with Gasteiger partial charge in [0.15, 0.2) is 0 Å². The molecule has 4 rings (SSSR count). The van der Waals surface area contributed by atoms with E-state index in [9.17, 15) is 13.2 Å². The molecule has 1 aromatic rings. The molecule has 2 atom stereocenters. The Labute approximate surface area is 167 Å². The average Bonchev–Trinajstić information content (AvgIpc) is 3.46. The van der Waals surface area contributed by atoms with E-state index < -0.39 is 10.0 Å². The van der Waals surface area contributed by atoms with Crippen molar-refractivity contribution in [3.8, 4) is 5.75 Å². The SMILES string of the molecule is CC(C)NC(=O)N1CC[C@@H]2[C@@H](CC1)Oc1ccccc1S(=O)(=O)N2CC1CC1. The zero-order valence-corrected chi connectivity index (χ0v) is 17.3. The van der Waals surface area contributed by atoms with Crippen LogP contribution in [0.1, 0.15) is 39.5 Å². The predicted octanol–water partition coefficient (Wildman–Crippen LogP) is 2.43. The molecule has 28 heavy (non-hydrogen) atoms. The van der Waals surface area contributed by atoms with Crippen molar-refractivity contribution in [3.05, 3.63) is 24.3 Å². The number of likely N-dealkylation sites (tertiary alicyclic amines) is 1. The molecule has 1 saturated carbocycles. The van der Waals surface area contributed by atoms with Crippen molar-refractivity contribution < 1.29 is 17.9 Å². The van der Waals surface area contributed by atoms with Gasteiger partial charge in [-0.05, 0) is 51.2 Å². The minimum atomic E-state index is -3.63. The maximum atomic E-state index is 13.5. The standard InChI is InChI=1S/C20H29N3O4S/c1-14(2)21-20(24)22-11-9-16-17(10-12-22)27-18-5-3-4-6-19(18)28(25,26)23(16)13-15-7-8-15/h3-6,14-17H,7-13H2,1-2H3,(H,21,24)/t16-,17-/m1/s1. The molecular formula is C20H29N3O4S. The Kier molecular flexibility index (Phi) is 5.26. The second kappa shape index (κ2) is 7.55. The van der Waals surface area contributed by atoms with Crippen LogP contribution in [0.25, 0.3) is 0 Å². The summed E-state index contributed by atoms with van der Waals surface area (Å²) in [5.41, 5.74) is 0. The number of fused-ring (bicyclic) bond motifs is 2. The molecule has 1 saturated heterocycles. The Morgan fingerprint density at radius 3 is 2.61 bits per heavy atom. The van der Waals surface area contributed by atoms with Gasteiger partial charge in [0.25, 0.3) is 0 Å². The number of benzene rings is 1. The summed E-state index contributed by atoms with van der Waals surface area (Å²) in [6, 6.07) is 6.64. The van der Waals surface area contributed by atoms with Gasteiger partial charge in [0.2, 0.25) is 10.0 Å². The number of carbonyl (C=O) groups excluding carboxylic acids is 1. The molecule has 7 nitrogen and oxygen atoms in total. The number of urea groups is 1. The molecule has 0 spiro atoms. The third-order valence-corrected chi connectivity index (χ3v) is 7.66. The highest BCUT2D eigenvalue weighted by atomic mass is 32.2. The molecule has 0 radical (unpaired) electrons. The van der Waals surface area contributed by atoms with E-state index in [0.717, 1.165) is 12.8 Å². The van der Waals surface area contributed by atoms with E-state index in [1.807, 2.05) is 13.8 Å². The number of ether oxygens (including phenoxy) is 1. The molecule has 1 aliphatic carbocycles. The minimum Gasteiger partial charge on any atom is -0.487 e. The van der Waals surface area contributed by atoms with Crippen molar-refractivity contribution in [2.75, 3.05) is 19.6 Å². The van der Waals surface area contributed by atoms with E-state index in [-0.39, 0.29) is 29.1 Å². The lowest BCUT2D eigenvalue weighted by Crippen LogP contribution is -2.48. The quantitative estimate of drug-likeness (QED) is 0.835. The molecule has 1 N–H and O–H groups in total. The van der Waals surface area contributed by atoms with Gasteiger partial charge in [0.05, 0.1) is 6.04 Å². The largest absolute Gasteiger partial charge is 0.487 e. The molecule has 154 valence electrons. The first-order chi connectivity index (χ1) is 13.4. The summed E-state index contributed by atoms with van der Waals surface area (Å²) in [5, 5.41) is 2.93. The smallest absolute Gasteiger partial charge is 0.317 e. The Hall–Kier alpha value is -1.80. The molecule has 2 heterocycles. The maximum Gasteiger partial charge on any atom is 0.317 e. The monoisotopic (exact) mass is 407 g/mol. The van der Waals surface area contributed by atoms with Gasteiger partial charge >= 0.3 is 6.03 Å². The summed E-state index contributed by atoms with van der Waals surface area (Å²) in [5.74, 6) is 0.861. The van der Waals surface area contributed by atoms with Crippen LogP contribution in [-0.4, -0.2) is 61.5 Å². The number of rotatable bonds is 3. The highest BCUT2D eigenvalue weighted by Gasteiger charge is 2.45. The fraction of sp³-hybridized carbons (Fsp3) is 0.650. The van der Waals surface area contributed by atoms with Crippen molar-refractivity contribution in [3.63, 3.8) is 0 Å². The predicted molar refractivity (Wildman–Crippen MR) is 106 cm³/mol. The number of hydrogen-bond donors (Lipinski definition) is 1. The first-order valence-corrected chi connectivity index (χ1v) is 11.6. The zero-order valence-electron chi connectivity index (χ0n) is 16.5. The Bertz CT molecular complexity index is 838. The topological polar surface area (TPSA) is 79.0 Å². The van der Waals surface area contributed by atoms with E-state index in [1.54, 1.807) is 33.5 Å². The highest BCUT2D eigenvalue weighted by molar-refractivity contribution is 7.89. The number of nitrogens with one attached hydrogen (secondary N) is 1. The van der Waals surface area contributed by atoms with Crippen LogP contribution in [0, 0.1) is 5.92 Å². The van der Waals surface area contributed by atoms with Gasteiger partial charge in [-0.15, -0.1) is 0 Å². The van der Waals surface area contributed by atoms with Crippen molar-refractivity contribution in [2.24, 2.45) is 5.92 Å². The van der Waals surface area contributed by atoms with Crippen LogP contribution in [0.15, 0.2) is 29.2 Å². The van der Waals surface area contributed by atoms with Crippen LogP contribution < -0.4 is 10.1 Å². The van der Waals surface area contributed by atoms with Crippen molar-refractivity contribution in [2.45, 2.75) is 62.6 Å². The molecule has 2 aliphatic heterocycles. The minimum absolute atomic E-state index is 0.0658. The third-order valence-electron chi connectivity index (χ3n) is 5.73. The molecule has 0 aromatic heterocycles. The summed E-state index contributed by atoms with van der Waals surface area (Å²) in [6.07, 6.45) is 3.09. The van der Waals surface area contributed by atoms with E-state index >= 15 is 0 Å². The Balaban J connectivity index is 1.64. The highest BCUT2D eigenvalue weighted by Crippen LogP contribution is 2.39. The summed E-state index contributed by atoms with van der Waals surface area (Å²) in [4.78, 5) is 14.5. The molecule has 0 unspecified atom stereocenters. The third kappa shape index (κ3) is 3.85. The summed E-state index contributed by atoms with van der Waals surface area (Å²) >= 11 is 0. The van der Waals surface area contributed by atoms with Gasteiger partial charge in [0, 0.05) is 32.1 Å². The molecular weight excluding hydrogens is 378 g/mol. The lowest BCUT2D eigenvalue weighted by Gasteiger charge is -2.31. The number of hydrogen-bond acceptors (Lipinski definition) is 4. The fourth-order valence-electron chi connectivity index (χ4n) is 4.09. The number of amides is 2. The van der Waals surface area contributed by atoms with Gasteiger partial charge in [0.1, 0.15) is 16.7 Å². The second-order valence-corrected chi connectivity index (χ2v) is 10.2. The van der Waals surface area contributed by atoms with Crippen LogP contribution in [0.2, 0.25) is 0 Å². The number of sulfonamides is 1. The van der Waals surface area contributed by atoms with Crippen molar-refractivity contribution >= 4 is 16.1 Å². The first-order valence-electron chi connectivity index (χ1n) is 10.2. The van der Waals surface area contributed by atoms with Gasteiger partial charge < -0.3 is 15.0 Å². The summed E-state index contributed by atoms with van der Waals surface area (Å²) < 4.78 is 34.8. The van der Waals surface area contributed by atoms with E-state index in [4.69, 9.17) is 4.74 Å². The zero-order chi connectivity index (χ0) is 19.9. The van der Waals surface area contributed by atoms with Crippen LogP contribution in [-0.2, 0) is 10.0 Å². The molecule has 8 heteroatoms. The van der Waals surface area contributed by atoms with Crippen LogP contribution in [0.4, 0.5) is 4.79 Å². The number of nitrogens with zero attached hydrogens (tertiary/aromatic N) is 2. The van der Waals surface area contributed by atoms with Gasteiger partial charge in [-0.1, -0.05) is 12.1 Å². The van der Waals surface area contributed by atoms with E-state index in [0.29, 0.717) is 44.1 Å². The normalized spacial score (nSPS) is 27.2. The molecule has 1 aromatic carbocycles. The Morgan fingerprint density at radius 1 is 1.18 bits per heavy atom. The lowest BCUT2D eigenvalue weighted by atomic mass is 10.1. The van der Waals surface area contributed by atoms with E-state index in [1.165, 1.54) is 0 Å². The number of carbonyl (C=O) groups is 1. The maximum absolute atomic E-state index is 13.5. The fourth-order valence-corrected chi connectivity index (χ4v) is 5.96. The van der Waals surface area contributed by atoms with Crippen LogP contribution in [0.5, 0.6) is 5.75 Å². The van der Waals surface area contributed by atoms with Crippen molar-refractivity contribution in [1.82, 2.24) is 14.5 Å². The van der Waals surface area contributed by atoms with E-state index in [2.05, 4.69) is 5.32 Å². The first kappa shape index (κ1) is 19.5. The summed E-state index contributed by atoms with van der Waals surface area (Å²) in [6.45, 7) is 5.49. The lowest BCUT2D eigenvalue weighted by molar-refractivity contribution is 0.111. The van der Waals surface area contributed by atoms with Gasteiger partial charge in [-0.25, -0.2) is 13.2 Å². The Morgan fingerprint density at radius 2 is 1.89 bits per heavy atom. The molecule has 2 amide bonds. The average molecular weight is 408 g/mol.